The van der Waals surface area contributed by atoms with Gasteiger partial charge >= 0.3 is 12.4 Å². The van der Waals surface area contributed by atoms with Gasteiger partial charge in [-0.1, -0.05) is 6.92 Å². The van der Waals surface area contributed by atoms with Crippen LogP contribution in [-0.4, -0.2) is 36.0 Å². The quantitative estimate of drug-likeness (QED) is 0.554. The highest BCUT2D eigenvalue weighted by atomic mass is 19.4. The molecular formula is C20H22F6N2O2. The first-order valence-electron chi connectivity index (χ1n) is 9.53. The molecule has 0 aliphatic carbocycles. The first-order chi connectivity index (χ1) is 13.8. The second-order valence-corrected chi connectivity index (χ2v) is 7.56. The average molecular weight is 436 g/mol. The summed E-state index contributed by atoms with van der Waals surface area (Å²) in [5.74, 6) is -0.146. The van der Waals surface area contributed by atoms with E-state index in [9.17, 15) is 26.3 Å². The molecule has 1 aliphatic heterocycles. The molecular weight excluding hydrogens is 414 g/mol. The number of hydrogen-bond acceptors (Lipinski definition) is 4. The number of fused-ring (bicyclic) bond motifs is 2. The highest BCUT2D eigenvalue weighted by Crippen LogP contribution is 2.44. The fourth-order valence-corrected chi connectivity index (χ4v) is 3.60. The summed E-state index contributed by atoms with van der Waals surface area (Å²) in [5, 5.41) is -0.310. The minimum Gasteiger partial charge on any atom is -0.486 e. The molecule has 1 aliphatic rings. The number of nitrogens with zero attached hydrogens (tertiary/aromatic N) is 2. The van der Waals surface area contributed by atoms with Crippen molar-refractivity contribution in [2.45, 2.75) is 64.7 Å². The third kappa shape index (κ3) is 4.52. The molecule has 2 heterocycles. The Bertz CT molecular complexity index is 926. The van der Waals surface area contributed by atoms with Crippen LogP contribution in [0.5, 0.6) is 11.6 Å². The van der Waals surface area contributed by atoms with E-state index in [0.29, 0.717) is 6.42 Å². The van der Waals surface area contributed by atoms with E-state index < -0.39 is 42.7 Å². The Morgan fingerprint density at radius 2 is 1.80 bits per heavy atom. The zero-order valence-electron chi connectivity index (χ0n) is 16.9. The van der Waals surface area contributed by atoms with E-state index in [4.69, 9.17) is 9.47 Å². The number of benzene rings is 1. The molecule has 1 aromatic heterocycles. The van der Waals surface area contributed by atoms with Gasteiger partial charge in [0.1, 0.15) is 18.4 Å². The van der Waals surface area contributed by atoms with Crippen molar-refractivity contribution in [3.05, 3.63) is 23.8 Å². The first-order valence-corrected chi connectivity index (χ1v) is 9.53. The van der Waals surface area contributed by atoms with Gasteiger partial charge in [0, 0.05) is 17.5 Å². The molecule has 0 fully saturated rings. The van der Waals surface area contributed by atoms with Crippen LogP contribution in [0, 0.1) is 0 Å². The average Bonchev–Trinajstić information content (AvgIpc) is 2.59. The fourth-order valence-electron chi connectivity index (χ4n) is 3.60. The summed E-state index contributed by atoms with van der Waals surface area (Å²) in [6.45, 7) is 5.34. The molecule has 0 spiro atoms. The molecule has 0 saturated heterocycles. The lowest BCUT2D eigenvalue weighted by Gasteiger charge is -2.42. The summed E-state index contributed by atoms with van der Waals surface area (Å²) < 4.78 is 91.9. The molecule has 0 radical (unpaired) electrons. The maximum absolute atomic E-state index is 13.7. The van der Waals surface area contributed by atoms with E-state index in [2.05, 4.69) is 4.98 Å². The molecule has 0 bridgehead atoms. The lowest BCUT2D eigenvalue weighted by atomic mass is 10.0. The maximum Gasteiger partial charge on any atom is 0.417 e. The molecule has 166 valence electrons. The molecule has 2 aromatic rings. The second-order valence-electron chi connectivity index (χ2n) is 7.56. The summed E-state index contributed by atoms with van der Waals surface area (Å²) in [6, 6.07) is 2.43. The summed E-state index contributed by atoms with van der Waals surface area (Å²) in [6.07, 6.45) is -9.79. The van der Waals surface area contributed by atoms with Crippen LogP contribution >= 0.6 is 0 Å². The molecule has 2 atom stereocenters. The van der Waals surface area contributed by atoms with Crippen molar-refractivity contribution in [2.75, 3.05) is 11.4 Å². The van der Waals surface area contributed by atoms with Crippen molar-refractivity contribution >= 4 is 16.6 Å². The summed E-state index contributed by atoms with van der Waals surface area (Å²) in [4.78, 5) is 5.17. The zero-order valence-corrected chi connectivity index (χ0v) is 16.9. The predicted molar refractivity (Wildman–Crippen MR) is 100 cm³/mol. The van der Waals surface area contributed by atoms with E-state index in [1.54, 1.807) is 27.7 Å². The van der Waals surface area contributed by atoms with Crippen molar-refractivity contribution in [3.63, 3.8) is 0 Å². The van der Waals surface area contributed by atoms with Crippen molar-refractivity contribution in [1.29, 1.82) is 0 Å². The smallest absolute Gasteiger partial charge is 0.417 e. The van der Waals surface area contributed by atoms with Crippen LogP contribution in [0.3, 0.4) is 0 Å². The Morgan fingerprint density at radius 3 is 2.33 bits per heavy atom. The van der Waals surface area contributed by atoms with Gasteiger partial charge in [-0.05, 0) is 33.3 Å². The Labute approximate surface area is 169 Å². The van der Waals surface area contributed by atoms with Gasteiger partial charge in [0.05, 0.1) is 28.9 Å². The minimum absolute atomic E-state index is 0.0400. The Kier molecular flexibility index (Phi) is 5.72. The van der Waals surface area contributed by atoms with Crippen molar-refractivity contribution in [1.82, 2.24) is 4.98 Å². The fraction of sp³-hybridized carbons (Fsp3) is 0.550. The molecule has 0 N–H and O–H groups in total. The number of alkyl halides is 6. The van der Waals surface area contributed by atoms with E-state index in [1.165, 1.54) is 6.07 Å². The molecule has 4 nitrogen and oxygen atoms in total. The van der Waals surface area contributed by atoms with Crippen LogP contribution < -0.4 is 14.4 Å². The van der Waals surface area contributed by atoms with Gasteiger partial charge < -0.3 is 14.4 Å². The molecule has 1 aromatic carbocycles. The van der Waals surface area contributed by atoms with Crippen molar-refractivity contribution in [2.24, 2.45) is 0 Å². The molecule has 3 rings (SSSR count). The van der Waals surface area contributed by atoms with Crippen LogP contribution in [0.2, 0.25) is 0 Å². The van der Waals surface area contributed by atoms with E-state index in [-0.39, 0.29) is 28.2 Å². The molecule has 10 heteroatoms. The van der Waals surface area contributed by atoms with Gasteiger partial charge in [0.25, 0.3) is 0 Å². The first kappa shape index (κ1) is 22.3. The van der Waals surface area contributed by atoms with Gasteiger partial charge in [0.15, 0.2) is 0 Å². The topological polar surface area (TPSA) is 34.6 Å². The second kappa shape index (κ2) is 7.70. The Morgan fingerprint density at radius 1 is 1.13 bits per heavy atom. The van der Waals surface area contributed by atoms with Gasteiger partial charge in [-0.2, -0.15) is 26.3 Å². The van der Waals surface area contributed by atoms with Crippen LogP contribution in [0.25, 0.3) is 10.9 Å². The minimum atomic E-state index is -4.74. The lowest BCUT2D eigenvalue weighted by Crippen LogP contribution is -2.51. The summed E-state index contributed by atoms with van der Waals surface area (Å²) in [5.41, 5.74) is -1.12. The van der Waals surface area contributed by atoms with Crippen molar-refractivity contribution < 1.29 is 35.8 Å². The van der Waals surface area contributed by atoms with Gasteiger partial charge in [-0.3, -0.25) is 0 Å². The number of anilines is 1. The number of aromatic nitrogens is 1. The maximum atomic E-state index is 13.7. The third-order valence-electron chi connectivity index (χ3n) is 4.90. The Balaban J connectivity index is 2.24. The highest BCUT2D eigenvalue weighted by Gasteiger charge is 2.41. The molecule has 0 unspecified atom stereocenters. The van der Waals surface area contributed by atoms with Gasteiger partial charge in [-0.25, -0.2) is 4.98 Å². The number of rotatable bonds is 4. The van der Waals surface area contributed by atoms with Gasteiger partial charge in [-0.15, -0.1) is 0 Å². The number of pyridine rings is 1. The monoisotopic (exact) mass is 436 g/mol. The van der Waals surface area contributed by atoms with Crippen LogP contribution in [0.4, 0.5) is 32.0 Å². The zero-order chi connectivity index (χ0) is 22.4. The highest BCUT2D eigenvalue weighted by molar-refractivity contribution is 5.90. The molecule has 0 amide bonds. The predicted octanol–water partition coefficient (Wildman–Crippen LogP) is 5.97. The Hall–Kier alpha value is -2.39. The van der Waals surface area contributed by atoms with Gasteiger partial charge in [0.2, 0.25) is 5.88 Å². The normalized spacial score (nSPS) is 19.8. The molecule has 0 saturated carbocycles. The lowest BCUT2D eigenvalue weighted by molar-refractivity contribution is -0.136. The summed E-state index contributed by atoms with van der Waals surface area (Å²) >= 11 is 0. The molecule has 30 heavy (non-hydrogen) atoms. The summed E-state index contributed by atoms with van der Waals surface area (Å²) in [7, 11) is 0. The van der Waals surface area contributed by atoms with Crippen LogP contribution in [0.1, 0.15) is 39.7 Å². The number of hydrogen-bond donors (Lipinski definition) is 0. The van der Waals surface area contributed by atoms with E-state index >= 15 is 0 Å². The van der Waals surface area contributed by atoms with Crippen molar-refractivity contribution in [3.8, 4) is 11.6 Å². The SMILES string of the molecule is CC[C@H]1Oc2cc3nc(OC(C)C)cc(C(F)(F)F)c3cc2N(CC(F)(F)F)[C@@H]1C. The van der Waals surface area contributed by atoms with Crippen LogP contribution in [0.15, 0.2) is 18.2 Å². The number of halogens is 6. The van der Waals surface area contributed by atoms with Crippen LogP contribution in [-0.2, 0) is 6.18 Å². The third-order valence-corrected chi connectivity index (χ3v) is 4.90. The number of ether oxygens (including phenoxy) is 2. The van der Waals surface area contributed by atoms with E-state index in [0.717, 1.165) is 17.0 Å². The standard InChI is InChI=1S/C20H22F6N2O2/c1-5-16-11(4)28(9-19(21,22)23)15-6-12-13(20(24,25)26)7-18(29-10(2)3)27-14(12)8-17(15)30-16/h6-8,10-11,16H,5,9H2,1-4H3/t11-,16-/m1/s1. The van der Waals surface area contributed by atoms with E-state index in [1.807, 2.05) is 0 Å². The largest absolute Gasteiger partial charge is 0.486 e.